The molecule has 5 nitrogen and oxygen atoms in total. The second kappa shape index (κ2) is 7.01. The van der Waals surface area contributed by atoms with Crippen LogP contribution in [-0.4, -0.2) is 32.1 Å². The van der Waals surface area contributed by atoms with Crippen LogP contribution in [0.1, 0.15) is 24.0 Å². The number of carbonyl (C=O) groups is 1. The number of carbonyl (C=O) groups excluding carboxylic acids is 1. The zero-order valence-electron chi connectivity index (χ0n) is 13.7. The van der Waals surface area contributed by atoms with Gasteiger partial charge in [-0.05, 0) is 30.5 Å². The first-order chi connectivity index (χ1) is 12.2. The number of nitrogens with zero attached hydrogens (tertiary/aromatic N) is 3. The minimum Gasteiger partial charge on any atom is -0.462 e. The zero-order valence-corrected chi connectivity index (χ0v) is 15.3. The predicted molar refractivity (Wildman–Crippen MR) is 98.3 cm³/mol. The predicted octanol–water partition coefficient (Wildman–Crippen LogP) is 3.72. The van der Waals surface area contributed by atoms with Crippen LogP contribution >= 0.6 is 23.1 Å². The molecule has 0 radical (unpaired) electrons. The Morgan fingerprint density at radius 1 is 1.24 bits per heavy atom. The van der Waals surface area contributed by atoms with Crippen molar-refractivity contribution >= 4 is 29.1 Å². The fourth-order valence-corrected chi connectivity index (χ4v) is 4.72. The van der Waals surface area contributed by atoms with Crippen LogP contribution in [0.4, 0.5) is 0 Å². The van der Waals surface area contributed by atoms with Gasteiger partial charge in [-0.1, -0.05) is 36.0 Å². The Morgan fingerprint density at radius 2 is 2.08 bits per heavy atom. The highest BCUT2D eigenvalue weighted by molar-refractivity contribution is 8.00. The van der Waals surface area contributed by atoms with Crippen molar-refractivity contribution in [1.82, 2.24) is 14.8 Å². The van der Waals surface area contributed by atoms with Gasteiger partial charge < -0.3 is 4.74 Å². The van der Waals surface area contributed by atoms with Crippen LogP contribution in [0.2, 0.25) is 0 Å². The molecule has 1 aliphatic heterocycles. The molecule has 0 spiro atoms. The Hall–Kier alpha value is -2.12. The number of aromatic nitrogens is 3. The van der Waals surface area contributed by atoms with Gasteiger partial charge in [-0.2, -0.15) is 0 Å². The lowest BCUT2D eigenvalue weighted by atomic mass is 10.3. The van der Waals surface area contributed by atoms with Gasteiger partial charge in [0.05, 0.1) is 0 Å². The van der Waals surface area contributed by atoms with E-state index < -0.39 is 0 Å². The molecule has 3 aromatic rings. The van der Waals surface area contributed by atoms with Gasteiger partial charge >= 0.3 is 5.97 Å². The molecule has 0 aliphatic carbocycles. The standard InChI is InChI=1S/C18H17N3O2S2/c1-12-10-15(17(22)23-12)25-18-20-19-16(11-14-8-5-9-24-14)21(18)13-6-3-2-4-7-13/h2-9,12,15H,10-11H2,1H3/t12-,15+/m1/s1. The molecule has 7 heteroatoms. The molecule has 3 heterocycles. The first-order valence-corrected chi connectivity index (χ1v) is 9.86. The molecule has 128 valence electrons. The molecule has 0 saturated carbocycles. The second-order valence-electron chi connectivity index (χ2n) is 5.92. The number of para-hydroxylation sites is 1. The van der Waals surface area contributed by atoms with Crippen molar-refractivity contribution in [3.05, 3.63) is 58.5 Å². The lowest BCUT2D eigenvalue weighted by Gasteiger charge is -2.11. The number of hydrogen-bond acceptors (Lipinski definition) is 6. The van der Waals surface area contributed by atoms with Crippen LogP contribution in [0.3, 0.4) is 0 Å². The van der Waals surface area contributed by atoms with Crippen molar-refractivity contribution < 1.29 is 9.53 Å². The molecule has 0 amide bonds. The summed E-state index contributed by atoms with van der Waals surface area (Å²) in [5, 5.41) is 11.3. The Morgan fingerprint density at radius 3 is 2.76 bits per heavy atom. The molecule has 1 aromatic carbocycles. The van der Waals surface area contributed by atoms with Gasteiger partial charge in [-0.3, -0.25) is 9.36 Å². The Kier molecular flexibility index (Phi) is 4.59. The largest absolute Gasteiger partial charge is 0.462 e. The zero-order chi connectivity index (χ0) is 17.2. The average molecular weight is 371 g/mol. The van der Waals surface area contributed by atoms with E-state index in [1.807, 2.05) is 47.9 Å². The lowest BCUT2D eigenvalue weighted by molar-refractivity contribution is -0.140. The Bertz CT molecular complexity index is 862. The van der Waals surface area contributed by atoms with Gasteiger partial charge in [0.25, 0.3) is 0 Å². The number of thiophene rings is 1. The van der Waals surface area contributed by atoms with Crippen LogP contribution in [0.25, 0.3) is 5.69 Å². The molecular formula is C18H17N3O2S2. The van der Waals surface area contributed by atoms with Crippen molar-refractivity contribution in [3.8, 4) is 5.69 Å². The SMILES string of the molecule is C[C@@H]1C[C@H](Sc2nnc(Cc3cccs3)n2-c2ccccc2)C(=O)O1. The van der Waals surface area contributed by atoms with E-state index in [2.05, 4.69) is 21.6 Å². The van der Waals surface area contributed by atoms with Gasteiger partial charge in [0.2, 0.25) is 0 Å². The van der Waals surface area contributed by atoms with Crippen molar-refractivity contribution in [2.45, 2.75) is 36.3 Å². The minimum atomic E-state index is -0.226. The van der Waals surface area contributed by atoms with Crippen molar-refractivity contribution in [1.29, 1.82) is 0 Å². The fraction of sp³-hybridized carbons (Fsp3) is 0.278. The molecule has 0 unspecified atom stereocenters. The maximum absolute atomic E-state index is 12.0. The van der Waals surface area contributed by atoms with E-state index in [4.69, 9.17) is 4.74 Å². The van der Waals surface area contributed by atoms with Gasteiger partial charge in [0.1, 0.15) is 17.2 Å². The van der Waals surface area contributed by atoms with Gasteiger partial charge in [0.15, 0.2) is 5.16 Å². The maximum atomic E-state index is 12.0. The molecule has 1 saturated heterocycles. The molecule has 2 aromatic heterocycles. The molecular weight excluding hydrogens is 354 g/mol. The third kappa shape index (κ3) is 3.48. The van der Waals surface area contributed by atoms with E-state index >= 15 is 0 Å². The number of benzene rings is 1. The molecule has 0 N–H and O–H groups in total. The minimum absolute atomic E-state index is 0.0383. The summed E-state index contributed by atoms with van der Waals surface area (Å²) in [6.07, 6.45) is 1.38. The average Bonchev–Trinajstić information content (AvgIpc) is 3.32. The third-order valence-electron chi connectivity index (χ3n) is 4.00. The highest BCUT2D eigenvalue weighted by atomic mass is 32.2. The number of thioether (sulfide) groups is 1. The topological polar surface area (TPSA) is 57.0 Å². The summed E-state index contributed by atoms with van der Waals surface area (Å²) in [4.78, 5) is 13.2. The van der Waals surface area contributed by atoms with E-state index in [1.165, 1.54) is 16.6 Å². The van der Waals surface area contributed by atoms with E-state index in [0.29, 0.717) is 12.8 Å². The second-order valence-corrected chi connectivity index (χ2v) is 8.12. The number of rotatable bonds is 5. The normalized spacial score (nSPS) is 20.0. The lowest BCUT2D eigenvalue weighted by Crippen LogP contribution is -2.11. The summed E-state index contributed by atoms with van der Waals surface area (Å²) < 4.78 is 7.31. The van der Waals surface area contributed by atoms with Crippen LogP contribution in [0.5, 0.6) is 0 Å². The Labute approximate surface area is 154 Å². The van der Waals surface area contributed by atoms with Crippen molar-refractivity contribution in [2.24, 2.45) is 0 Å². The fourth-order valence-electron chi connectivity index (χ4n) is 2.84. The quantitative estimate of drug-likeness (QED) is 0.640. The highest BCUT2D eigenvalue weighted by Crippen LogP contribution is 2.33. The summed E-state index contributed by atoms with van der Waals surface area (Å²) in [5.41, 5.74) is 1.00. The number of ether oxygens (including phenoxy) is 1. The summed E-state index contributed by atoms with van der Waals surface area (Å²) in [6, 6.07) is 14.2. The molecule has 1 aliphatic rings. The molecule has 2 atom stereocenters. The first-order valence-electron chi connectivity index (χ1n) is 8.10. The number of cyclic esters (lactones) is 1. The Balaban J connectivity index is 1.69. The van der Waals surface area contributed by atoms with Crippen LogP contribution in [0.15, 0.2) is 53.0 Å². The molecule has 1 fully saturated rings. The molecule has 4 rings (SSSR count). The third-order valence-corrected chi connectivity index (χ3v) is 6.02. The number of esters is 1. The van der Waals surface area contributed by atoms with Crippen LogP contribution < -0.4 is 0 Å². The molecule has 0 bridgehead atoms. The summed E-state index contributed by atoms with van der Waals surface area (Å²) in [5.74, 6) is 0.704. The van der Waals surface area contributed by atoms with E-state index in [9.17, 15) is 4.79 Å². The summed E-state index contributed by atoms with van der Waals surface area (Å²) in [6.45, 7) is 1.92. The van der Waals surface area contributed by atoms with Crippen molar-refractivity contribution in [2.75, 3.05) is 0 Å². The van der Waals surface area contributed by atoms with Crippen molar-refractivity contribution in [3.63, 3.8) is 0 Å². The molecule has 25 heavy (non-hydrogen) atoms. The van der Waals surface area contributed by atoms with Gasteiger partial charge in [-0.25, -0.2) is 0 Å². The van der Waals surface area contributed by atoms with E-state index in [-0.39, 0.29) is 17.3 Å². The van der Waals surface area contributed by atoms with E-state index in [1.54, 1.807) is 11.3 Å². The van der Waals surface area contributed by atoms with E-state index in [0.717, 1.165) is 16.7 Å². The number of hydrogen-bond donors (Lipinski definition) is 0. The van der Waals surface area contributed by atoms with Crippen LogP contribution in [0, 0.1) is 0 Å². The highest BCUT2D eigenvalue weighted by Gasteiger charge is 2.34. The smallest absolute Gasteiger partial charge is 0.319 e. The maximum Gasteiger partial charge on any atom is 0.319 e. The monoisotopic (exact) mass is 371 g/mol. The first kappa shape index (κ1) is 16.4. The van der Waals surface area contributed by atoms with Gasteiger partial charge in [0, 0.05) is 23.4 Å². The van der Waals surface area contributed by atoms with Gasteiger partial charge in [-0.15, -0.1) is 21.5 Å². The van der Waals surface area contributed by atoms with Crippen LogP contribution in [-0.2, 0) is 16.0 Å². The summed E-state index contributed by atoms with van der Waals surface area (Å²) in [7, 11) is 0. The summed E-state index contributed by atoms with van der Waals surface area (Å²) >= 11 is 3.14.